The van der Waals surface area contributed by atoms with Gasteiger partial charge < -0.3 is 15.5 Å². The number of hydroxylamine groups is 1. The Morgan fingerprint density at radius 2 is 1.81 bits per heavy atom. The molecule has 6 nitrogen and oxygen atoms in total. The van der Waals surface area contributed by atoms with Crippen molar-refractivity contribution in [2.45, 2.75) is 12.5 Å². The lowest BCUT2D eigenvalue weighted by Crippen LogP contribution is -2.27. The molecule has 27 heavy (non-hydrogen) atoms. The Labute approximate surface area is 166 Å². The predicted octanol–water partition coefficient (Wildman–Crippen LogP) is 2.86. The van der Waals surface area contributed by atoms with Crippen molar-refractivity contribution in [3.8, 4) is 0 Å². The van der Waals surface area contributed by atoms with Gasteiger partial charge in [-0.2, -0.15) is 0 Å². The maximum atomic E-state index is 14.0. The van der Waals surface area contributed by atoms with E-state index in [-0.39, 0.29) is 30.0 Å². The van der Waals surface area contributed by atoms with Crippen molar-refractivity contribution in [3.05, 3.63) is 56.9 Å². The zero-order chi connectivity index (χ0) is 20.0. The van der Waals surface area contributed by atoms with Crippen LogP contribution in [0.25, 0.3) is 0 Å². The van der Waals surface area contributed by atoms with Crippen LogP contribution in [0.4, 0.5) is 24.5 Å². The molecule has 2 rings (SSSR count). The molecule has 0 aliphatic carbocycles. The quantitative estimate of drug-likeness (QED) is 0.257. The van der Waals surface area contributed by atoms with Gasteiger partial charge in [-0.05, 0) is 46.9 Å². The minimum absolute atomic E-state index is 0.0255. The van der Waals surface area contributed by atoms with E-state index in [9.17, 15) is 23.1 Å². The first-order valence-electron chi connectivity index (χ1n) is 7.74. The van der Waals surface area contributed by atoms with Crippen molar-refractivity contribution >= 4 is 39.9 Å². The van der Waals surface area contributed by atoms with Gasteiger partial charge in [0.15, 0.2) is 11.6 Å². The fraction of sp³-hybridized carbons (Fsp3) is 0.235. The second kappa shape index (κ2) is 9.88. The number of benzene rings is 2. The molecule has 0 saturated heterocycles. The van der Waals surface area contributed by atoms with Gasteiger partial charge in [-0.15, -0.1) is 0 Å². The van der Waals surface area contributed by atoms with Gasteiger partial charge in [-0.1, -0.05) is 0 Å². The first-order valence-corrected chi connectivity index (χ1v) is 8.82. The first-order chi connectivity index (χ1) is 12.8. The smallest absolute Gasteiger partial charge is 0.277 e. The maximum Gasteiger partial charge on any atom is 0.277 e. The number of hydrogen-bond donors (Lipinski definition) is 4. The summed E-state index contributed by atoms with van der Waals surface area (Å²) >= 11 is 1.91. The predicted molar refractivity (Wildman–Crippen MR) is 99.9 cm³/mol. The average Bonchev–Trinajstić information content (AvgIpc) is 2.63. The molecule has 1 unspecified atom stereocenters. The number of aliphatic hydroxyl groups excluding tert-OH is 2. The number of rotatable bonds is 8. The van der Waals surface area contributed by atoms with Crippen molar-refractivity contribution < 1.29 is 33.0 Å². The summed E-state index contributed by atoms with van der Waals surface area (Å²) in [6, 6.07) is 5.62. The van der Waals surface area contributed by atoms with Crippen LogP contribution in [0.15, 0.2) is 30.3 Å². The third-order valence-electron chi connectivity index (χ3n) is 3.43. The molecule has 0 aromatic heterocycles. The lowest BCUT2D eigenvalue weighted by atomic mass is 10.1. The SMILES string of the molecule is O=C(NOCCC(O)CO)c1cc(F)c(F)cc1Nc1ccc(I)cc1F. The number of carbonyl (C=O) groups excluding carboxylic acids is 1. The van der Waals surface area contributed by atoms with Crippen LogP contribution in [0.3, 0.4) is 0 Å². The molecule has 1 atom stereocenters. The standard InChI is InChI=1S/C17H16F3IN2O4/c18-12-6-11(17(26)23-27-4-3-10(25)8-24)16(7-13(12)19)22-15-2-1-9(21)5-14(15)20/h1-2,5-7,10,22,24-25H,3-4,8H2,(H,23,26). The van der Waals surface area contributed by atoms with E-state index in [2.05, 4.69) is 5.32 Å². The second-order valence-corrected chi connectivity index (χ2v) is 6.71. The fourth-order valence-corrected chi connectivity index (χ4v) is 2.49. The van der Waals surface area contributed by atoms with Crippen LogP contribution in [-0.4, -0.2) is 35.4 Å². The summed E-state index contributed by atoms with van der Waals surface area (Å²) in [5.74, 6) is -4.01. The Hall–Kier alpha value is -1.89. The molecule has 0 spiro atoms. The molecule has 2 aromatic rings. The van der Waals surface area contributed by atoms with Crippen LogP contribution in [0.1, 0.15) is 16.8 Å². The van der Waals surface area contributed by atoms with Crippen LogP contribution < -0.4 is 10.8 Å². The Bertz CT molecular complexity index is 823. The molecular weight excluding hydrogens is 480 g/mol. The lowest BCUT2D eigenvalue weighted by Gasteiger charge is -2.14. The topological polar surface area (TPSA) is 90.8 Å². The highest BCUT2D eigenvalue weighted by atomic mass is 127. The third kappa shape index (κ3) is 6.06. The van der Waals surface area contributed by atoms with Gasteiger partial charge in [-0.25, -0.2) is 18.7 Å². The molecule has 2 aromatic carbocycles. The average molecular weight is 496 g/mol. The lowest BCUT2D eigenvalue weighted by molar-refractivity contribution is 0.00704. The van der Waals surface area contributed by atoms with Gasteiger partial charge >= 0.3 is 0 Å². The van der Waals surface area contributed by atoms with Gasteiger partial charge in [0, 0.05) is 16.1 Å². The number of nitrogens with one attached hydrogen (secondary N) is 2. The zero-order valence-electron chi connectivity index (χ0n) is 13.8. The van der Waals surface area contributed by atoms with Gasteiger partial charge in [-0.3, -0.25) is 9.63 Å². The molecule has 0 aliphatic rings. The van der Waals surface area contributed by atoms with E-state index >= 15 is 0 Å². The number of aliphatic hydroxyl groups is 2. The number of amides is 1. The summed E-state index contributed by atoms with van der Waals surface area (Å²) in [5.41, 5.74) is 1.52. The summed E-state index contributed by atoms with van der Waals surface area (Å²) < 4.78 is 41.8. The zero-order valence-corrected chi connectivity index (χ0v) is 16.0. The van der Waals surface area contributed by atoms with Crippen LogP contribution in [-0.2, 0) is 4.84 Å². The van der Waals surface area contributed by atoms with E-state index in [4.69, 9.17) is 9.94 Å². The van der Waals surface area contributed by atoms with Crippen molar-refractivity contribution in [1.29, 1.82) is 0 Å². The normalized spacial score (nSPS) is 11.9. The van der Waals surface area contributed by atoms with Crippen molar-refractivity contribution in [1.82, 2.24) is 5.48 Å². The van der Waals surface area contributed by atoms with Gasteiger partial charge in [0.2, 0.25) is 0 Å². The van der Waals surface area contributed by atoms with Crippen LogP contribution in [0.5, 0.6) is 0 Å². The Balaban J connectivity index is 2.17. The number of anilines is 2. The number of carbonyl (C=O) groups is 1. The van der Waals surface area contributed by atoms with E-state index in [0.29, 0.717) is 9.64 Å². The van der Waals surface area contributed by atoms with E-state index in [1.807, 2.05) is 28.1 Å². The monoisotopic (exact) mass is 496 g/mol. The Morgan fingerprint density at radius 1 is 1.11 bits per heavy atom. The van der Waals surface area contributed by atoms with Gasteiger partial charge in [0.1, 0.15) is 5.82 Å². The summed E-state index contributed by atoms with van der Waals surface area (Å²) in [7, 11) is 0. The highest BCUT2D eigenvalue weighted by Crippen LogP contribution is 2.26. The van der Waals surface area contributed by atoms with E-state index in [1.165, 1.54) is 12.1 Å². The van der Waals surface area contributed by atoms with Crippen molar-refractivity contribution in [3.63, 3.8) is 0 Å². The summed E-state index contributed by atoms with van der Waals surface area (Å²) in [4.78, 5) is 17.0. The van der Waals surface area contributed by atoms with Crippen LogP contribution >= 0.6 is 22.6 Å². The second-order valence-electron chi connectivity index (χ2n) is 5.47. The van der Waals surface area contributed by atoms with E-state index in [0.717, 1.165) is 6.07 Å². The molecule has 0 bridgehead atoms. The third-order valence-corrected chi connectivity index (χ3v) is 4.11. The highest BCUT2D eigenvalue weighted by molar-refractivity contribution is 14.1. The van der Waals surface area contributed by atoms with Gasteiger partial charge in [0.05, 0.1) is 36.3 Å². The fourth-order valence-electron chi connectivity index (χ4n) is 2.03. The van der Waals surface area contributed by atoms with E-state index in [1.54, 1.807) is 6.07 Å². The minimum Gasteiger partial charge on any atom is -0.394 e. The van der Waals surface area contributed by atoms with E-state index < -0.39 is 36.1 Å². The molecule has 0 radical (unpaired) electrons. The molecule has 1 amide bonds. The van der Waals surface area contributed by atoms with Crippen molar-refractivity contribution in [2.75, 3.05) is 18.5 Å². The molecule has 146 valence electrons. The molecule has 4 N–H and O–H groups in total. The molecular formula is C17H16F3IN2O4. The van der Waals surface area contributed by atoms with Crippen molar-refractivity contribution in [2.24, 2.45) is 0 Å². The maximum absolute atomic E-state index is 14.0. The highest BCUT2D eigenvalue weighted by Gasteiger charge is 2.18. The molecule has 10 heteroatoms. The van der Waals surface area contributed by atoms with Crippen LogP contribution in [0.2, 0.25) is 0 Å². The van der Waals surface area contributed by atoms with Gasteiger partial charge in [0.25, 0.3) is 5.91 Å². The molecule has 0 saturated carbocycles. The number of halogens is 4. The summed E-state index contributed by atoms with van der Waals surface area (Å²) in [6.45, 7) is -0.582. The molecule has 0 aliphatic heterocycles. The molecule has 0 fully saturated rings. The summed E-state index contributed by atoms with van der Waals surface area (Å²) in [6.07, 6.45) is -0.959. The largest absolute Gasteiger partial charge is 0.394 e. The Kier molecular flexibility index (Phi) is 7.83. The minimum atomic E-state index is -1.26. The van der Waals surface area contributed by atoms with Crippen LogP contribution in [0, 0.1) is 21.0 Å². The first kappa shape index (κ1) is 21.4. The molecule has 0 heterocycles. The Morgan fingerprint density at radius 3 is 2.48 bits per heavy atom. The number of hydrogen-bond acceptors (Lipinski definition) is 5. The summed E-state index contributed by atoms with van der Waals surface area (Å²) in [5, 5.41) is 20.4.